The molecule has 0 amide bonds. The minimum atomic E-state index is -0.792. The molecule has 90 valence electrons. The third-order valence-electron chi connectivity index (χ3n) is 4.00. The van der Waals surface area contributed by atoms with Gasteiger partial charge in [0.05, 0.1) is 13.2 Å². The van der Waals surface area contributed by atoms with Gasteiger partial charge in [-0.05, 0) is 25.7 Å². The van der Waals surface area contributed by atoms with E-state index in [1.165, 1.54) is 0 Å². The van der Waals surface area contributed by atoms with E-state index in [0.717, 1.165) is 32.1 Å². The molecule has 2 aliphatic heterocycles. The van der Waals surface area contributed by atoms with Gasteiger partial charge in [-0.25, -0.2) is 0 Å². The Hall–Kier alpha value is -0.450. The number of ether oxygens (including phenoxy) is 3. The molecule has 0 aromatic heterocycles. The van der Waals surface area contributed by atoms with Gasteiger partial charge in [-0.15, -0.1) is 0 Å². The van der Waals surface area contributed by atoms with Crippen LogP contribution in [0.5, 0.6) is 0 Å². The van der Waals surface area contributed by atoms with Gasteiger partial charge in [0.25, 0.3) is 0 Å². The highest BCUT2D eigenvalue weighted by Crippen LogP contribution is 2.48. The van der Waals surface area contributed by atoms with Gasteiger partial charge >= 0.3 is 0 Å². The maximum absolute atomic E-state index is 12.2. The van der Waals surface area contributed by atoms with Gasteiger partial charge in [-0.2, -0.15) is 0 Å². The molecule has 0 N–H and O–H groups in total. The SMILES string of the molecule is O=C1CCCOC12CCCCC21OCCO1. The monoisotopic (exact) mass is 226 g/mol. The summed E-state index contributed by atoms with van der Waals surface area (Å²) < 4.78 is 17.4. The van der Waals surface area contributed by atoms with Gasteiger partial charge in [-0.3, -0.25) is 4.79 Å². The van der Waals surface area contributed by atoms with Crippen molar-refractivity contribution in [3.63, 3.8) is 0 Å². The van der Waals surface area contributed by atoms with Crippen molar-refractivity contribution < 1.29 is 19.0 Å². The molecule has 1 unspecified atom stereocenters. The molecule has 16 heavy (non-hydrogen) atoms. The Kier molecular flexibility index (Phi) is 2.53. The van der Waals surface area contributed by atoms with Gasteiger partial charge in [0.2, 0.25) is 5.79 Å². The molecule has 3 fully saturated rings. The van der Waals surface area contributed by atoms with E-state index in [4.69, 9.17) is 14.2 Å². The number of hydrogen-bond donors (Lipinski definition) is 0. The van der Waals surface area contributed by atoms with Crippen molar-refractivity contribution in [2.45, 2.75) is 49.9 Å². The van der Waals surface area contributed by atoms with Crippen molar-refractivity contribution in [2.24, 2.45) is 0 Å². The topological polar surface area (TPSA) is 44.8 Å². The molecule has 3 rings (SSSR count). The van der Waals surface area contributed by atoms with Crippen LogP contribution in [0.25, 0.3) is 0 Å². The molecule has 2 heterocycles. The van der Waals surface area contributed by atoms with Crippen LogP contribution in [0.3, 0.4) is 0 Å². The maximum Gasteiger partial charge on any atom is 0.205 e. The molecule has 3 aliphatic rings. The Balaban J connectivity index is 1.97. The molecule has 0 aromatic rings. The highest BCUT2D eigenvalue weighted by molar-refractivity contribution is 5.89. The van der Waals surface area contributed by atoms with Gasteiger partial charge in [0, 0.05) is 19.4 Å². The first-order valence-corrected chi connectivity index (χ1v) is 6.24. The van der Waals surface area contributed by atoms with E-state index in [9.17, 15) is 4.79 Å². The smallest absolute Gasteiger partial charge is 0.205 e. The summed E-state index contributed by atoms with van der Waals surface area (Å²) >= 11 is 0. The fourth-order valence-electron chi connectivity index (χ4n) is 3.25. The van der Waals surface area contributed by atoms with Crippen LogP contribution in [0, 0.1) is 0 Å². The summed E-state index contributed by atoms with van der Waals surface area (Å²) in [5.41, 5.74) is -0.792. The quantitative estimate of drug-likeness (QED) is 0.626. The summed E-state index contributed by atoms with van der Waals surface area (Å²) in [5, 5.41) is 0. The van der Waals surface area contributed by atoms with Crippen LogP contribution in [0.2, 0.25) is 0 Å². The van der Waals surface area contributed by atoms with Gasteiger partial charge < -0.3 is 14.2 Å². The minimum absolute atomic E-state index is 0.181. The van der Waals surface area contributed by atoms with Gasteiger partial charge in [0.15, 0.2) is 11.4 Å². The molecular formula is C12H18O4. The standard InChI is InChI=1S/C12H18O4/c13-10-4-3-7-14-11(10)5-1-2-6-12(11)15-8-9-16-12/h1-9H2. The first kappa shape index (κ1) is 10.7. The lowest BCUT2D eigenvalue weighted by Gasteiger charge is -2.49. The zero-order valence-electron chi connectivity index (χ0n) is 9.50. The lowest BCUT2D eigenvalue weighted by atomic mass is 9.74. The van der Waals surface area contributed by atoms with E-state index >= 15 is 0 Å². The van der Waals surface area contributed by atoms with Crippen LogP contribution in [0.4, 0.5) is 0 Å². The summed E-state index contributed by atoms with van der Waals surface area (Å²) in [5.74, 6) is -0.580. The average molecular weight is 226 g/mol. The van der Waals surface area contributed by atoms with Crippen molar-refractivity contribution in [3.8, 4) is 0 Å². The highest BCUT2D eigenvalue weighted by Gasteiger charge is 2.62. The number of hydrogen-bond acceptors (Lipinski definition) is 4. The lowest BCUT2D eigenvalue weighted by molar-refractivity contribution is -0.293. The summed E-state index contributed by atoms with van der Waals surface area (Å²) in [4.78, 5) is 12.2. The van der Waals surface area contributed by atoms with Crippen LogP contribution in [-0.2, 0) is 19.0 Å². The molecule has 2 saturated heterocycles. The van der Waals surface area contributed by atoms with Crippen LogP contribution in [0.1, 0.15) is 38.5 Å². The minimum Gasteiger partial charge on any atom is -0.361 e. The first-order valence-electron chi connectivity index (χ1n) is 6.24. The Bertz CT molecular complexity index is 289. The normalized spacial score (nSPS) is 38.4. The first-order chi connectivity index (χ1) is 7.79. The van der Waals surface area contributed by atoms with E-state index in [0.29, 0.717) is 26.2 Å². The number of ketones is 1. The summed E-state index contributed by atoms with van der Waals surface area (Å²) in [6.45, 7) is 1.82. The summed E-state index contributed by atoms with van der Waals surface area (Å²) in [7, 11) is 0. The third-order valence-corrected chi connectivity index (χ3v) is 4.00. The predicted molar refractivity (Wildman–Crippen MR) is 56.0 cm³/mol. The number of carbonyl (C=O) groups excluding carboxylic acids is 1. The number of Topliss-reactive ketones (excluding diaryl/α,β-unsaturated/α-hetero) is 1. The zero-order valence-corrected chi connectivity index (χ0v) is 9.50. The molecule has 0 bridgehead atoms. The number of carbonyl (C=O) groups is 1. The van der Waals surface area contributed by atoms with Crippen LogP contribution < -0.4 is 0 Å². The third kappa shape index (κ3) is 1.30. The molecule has 0 radical (unpaired) electrons. The fraction of sp³-hybridized carbons (Fsp3) is 0.917. The van der Waals surface area contributed by atoms with Gasteiger partial charge in [0.1, 0.15) is 0 Å². The molecule has 4 heteroatoms. The second kappa shape index (κ2) is 3.79. The average Bonchev–Trinajstić information content (AvgIpc) is 2.76. The lowest BCUT2D eigenvalue weighted by Crippen LogP contribution is -2.64. The predicted octanol–water partition coefficient (Wildman–Crippen LogP) is 1.42. The molecule has 4 nitrogen and oxygen atoms in total. The Morgan fingerprint density at radius 2 is 1.62 bits per heavy atom. The molecule has 0 aromatic carbocycles. The highest BCUT2D eigenvalue weighted by atomic mass is 16.8. The summed E-state index contributed by atoms with van der Waals surface area (Å²) in [6.07, 6.45) is 5.06. The maximum atomic E-state index is 12.2. The molecule has 1 atom stereocenters. The summed E-state index contributed by atoms with van der Waals surface area (Å²) in [6, 6.07) is 0. The van der Waals surface area contributed by atoms with Crippen LogP contribution in [0.15, 0.2) is 0 Å². The second-order valence-corrected chi connectivity index (χ2v) is 4.86. The van der Waals surface area contributed by atoms with E-state index in [2.05, 4.69) is 0 Å². The van der Waals surface area contributed by atoms with Gasteiger partial charge in [-0.1, -0.05) is 0 Å². The van der Waals surface area contributed by atoms with Crippen LogP contribution >= 0.6 is 0 Å². The molecular weight excluding hydrogens is 208 g/mol. The fourth-order valence-corrected chi connectivity index (χ4v) is 3.25. The van der Waals surface area contributed by atoms with Crippen LogP contribution in [-0.4, -0.2) is 37.0 Å². The number of fused-ring (bicyclic) bond motifs is 1. The Morgan fingerprint density at radius 1 is 0.875 bits per heavy atom. The van der Waals surface area contributed by atoms with E-state index in [-0.39, 0.29) is 5.78 Å². The molecule has 1 saturated carbocycles. The van der Waals surface area contributed by atoms with E-state index in [1.54, 1.807) is 0 Å². The molecule has 2 spiro atoms. The number of rotatable bonds is 0. The van der Waals surface area contributed by atoms with Crippen molar-refractivity contribution in [3.05, 3.63) is 0 Å². The van der Waals surface area contributed by atoms with Crippen molar-refractivity contribution >= 4 is 5.78 Å². The van der Waals surface area contributed by atoms with E-state index < -0.39 is 11.4 Å². The largest absolute Gasteiger partial charge is 0.361 e. The van der Waals surface area contributed by atoms with Crippen molar-refractivity contribution in [2.75, 3.05) is 19.8 Å². The Morgan fingerprint density at radius 3 is 2.38 bits per heavy atom. The van der Waals surface area contributed by atoms with E-state index in [1.807, 2.05) is 0 Å². The Labute approximate surface area is 95.2 Å². The molecule has 1 aliphatic carbocycles. The second-order valence-electron chi connectivity index (χ2n) is 4.86. The zero-order chi connectivity index (χ0) is 11.1. The van der Waals surface area contributed by atoms with Crippen molar-refractivity contribution in [1.29, 1.82) is 0 Å². The van der Waals surface area contributed by atoms with Crippen molar-refractivity contribution in [1.82, 2.24) is 0 Å².